The number of hydrogen-bond acceptors (Lipinski definition) is 2. The number of hydrogen-bond donors (Lipinski definition) is 1. The molecule has 1 N–H and O–H groups in total. The third kappa shape index (κ3) is 3.76. The molecule has 0 amide bonds. The largest absolute Gasteiger partial charge is 0.318 e. The average molecular weight is 212 g/mol. The van der Waals surface area contributed by atoms with Crippen LogP contribution in [0.2, 0.25) is 0 Å². The van der Waals surface area contributed by atoms with E-state index < -0.39 is 0 Å². The van der Waals surface area contributed by atoms with Gasteiger partial charge in [-0.1, -0.05) is 26.7 Å². The van der Waals surface area contributed by atoms with E-state index in [1.165, 1.54) is 32.2 Å². The second-order valence-corrected chi connectivity index (χ2v) is 5.34. The maximum Gasteiger partial charge on any atom is 0.0123 e. The highest BCUT2D eigenvalue weighted by Gasteiger charge is 2.29. The monoisotopic (exact) mass is 212 g/mol. The van der Waals surface area contributed by atoms with Crippen LogP contribution in [-0.4, -0.2) is 38.1 Å². The third-order valence-electron chi connectivity index (χ3n) is 3.92. The molecule has 0 aromatic heterocycles. The van der Waals surface area contributed by atoms with Gasteiger partial charge in [-0.25, -0.2) is 0 Å². The van der Waals surface area contributed by atoms with Gasteiger partial charge in [0.05, 0.1) is 0 Å². The Morgan fingerprint density at radius 1 is 1.27 bits per heavy atom. The molecule has 0 spiro atoms. The maximum atomic E-state index is 3.24. The van der Waals surface area contributed by atoms with Crippen molar-refractivity contribution in [2.45, 2.75) is 45.6 Å². The van der Waals surface area contributed by atoms with Gasteiger partial charge in [0.2, 0.25) is 0 Å². The van der Waals surface area contributed by atoms with Crippen molar-refractivity contribution < 1.29 is 0 Å². The highest BCUT2D eigenvalue weighted by atomic mass is 15.1. The Bertz CT molecular complexity index is 168. The zero-order chi connectivity index (χ0) is 11.3. The minimum Gasteiger partial charge on any atom is -0.318 e. The minimum atomic E-state index is 0.826. The summed E-state index contributed by atoms with van der Waals surface area (Å²) in [5, 5.41) is 3.24. The van der Waals surface area contributed by atoms with Gasteiger partial charge in [-0.2, -0.15) is 0 Å². The van der Waals surface area contributed by atoms with Crippen molar-refractivity contribution >= 4 is 0 Å². The summed E-state index contributed by atoms with van der Waals surface area (Å²) >= 11 is 0. The lowest BCUT2D eigenvalue weighted by atomic mass is 9.77. The maximum absolute atomic E-state index is 3.24. The number of nitrogens with one attached hydrogen (secondary N) is 1. The quantitative estimate of drug-likeness (QED) is 0.752. The average Bonchev–Trinajstić information content (AvgIpc) is 2.25. The van der Waals surface area contributed by atoms with Gasteiger partial charge in [-0.15, -0.1) is 0 Å². The Morgan fingerprint density at radius 2 is 1.93 bits per heavy atom. The zero-order valence-corrected chi connectivity index (χ0v) is 10.9. The number of likely N-dealkylation sites (N-methyl/N-ethyl adjacent to an activating group) is 2. The van der Waals surface area contributed by atoms with E-state index in [0.29, 0.717) is 0 Å². The van der Waals surface area contributed by atoms with E-state index in [2.05, 4.69) is 31.1 Å². The highest BCUT2D eigenvalue weighted by molar-refractivity contribution is 4.83. The van der Waals surface area contributed by atoms with E-state index in [9.17, 15) is 0 Å². The van der Waals surface area contributed by atoms with E-state index in [1.807, 2.05) is 7.05 Å². The van der Waals surface area contributed by atoms with Crippen LogP contribution in [0.5, 0.6) is 0 Å². The molecule has 0 aliphatic heterocycles. The Balaban J connectivity index is 2.47. The fraction of sp³-hybridized carbons (Fsp3) is 1.00. The Labute approximate surface area is 95.4 Å². The molecule has 2 atom stereocenters. The van der Waals surface area contributed by atoms with Gasteiger partial charge in [0.1, 0.15) is 0 Å². The van der Waals surface area contributed by atoms with E-state index in [0.717, 1.165) is 24.4 Å². The topological polar surface area (TPSA) is 15.3 Å². The van der Waals surface area contributed by atoms with E-state index in [4.69, 9.17) is 0 Å². The van der Waals surface area contributed by atoms with Gasteiger partial charge < -0.3 is 10.2 Å². The smallest absolute Gasteiger partial charge is 0.0123 e. The van der Waals surface area contributed by atoms with Gasteiger partial charge in [-0.3, -0.25) is 0 Å². The van der Waals surface area contributed by atoms with Gasteiger partial charge in [-0.05, 0) is 38.8 Å². The molecule has 2 unspecified atom stereocenters. The molecule has 0 aromatic carbocycles. The van der Waals surface area contributed by atoms with Crippen molar-refractivity contribution in [2.75, 3.05) is 27.2 Å². The van der Waals surface area contributed by atoms with Gasteiger partial charge in [0.25, 0.3) is 0 Å². The van der Waals surface area contributed by atoms with Crippen LogP contribution in [0, 0.1) is 11.8 Å². The molecule has 1 aliphatic rings. The molecule has 15 heavy (non-hydrogen) atoms. The predicted molar refractivity (Wildman–Crippen MR) is 67.1 cm³/mol. The van der Waals surface area contributed by atoms with Crippen molar-refractivity contribution in [1.82, 2.24) is 10.2 Å². The van der Waals surface area contributed by atoms with Crippen molar-refractivity contribution in [3.05, 3.63) is 0 Å². The van der Waals surface area contributed by atoms with Crippen LogP contribution < -0.4 is 5.32 Å². The van der Waals surface area contributed by atoms with Gasteiger partial charge in [0, 0.05) is 19.1 Å². The molecular weight excluding hydrogens is 184 g/mol. The van der Waals surface area contributed by atoms with Crippen molar-refractivity contribution in [1.29, 1.82) is 0 Å². The first-order valence-corrected chi connectivity index (χ1v) is 6.51. The fourth-order valence-electron chi connectivity index (χ4n) is 2.92. The van der Waals surface area contributed by atoms with E-state index in [1.54, 1.807) is 0 Å². The first-order chi connectivity index (χ1) is 7.16. The number of rotatable bonds is 5. The molecular formula is C13H28N2. The van der Waals surface area contributed by atoms with Crippen molar-refractivity contribution in [3.63, 3.8) is 0 Å². The third-order valence-corrected chi connectivity index (χ3v) is 3.92. The molecule has 2 nitrogen and oxygen atoms in total. The molecule has 0 bridgehead atoms. The summed E-state index contributed by atoms with van der Waals surface area (Å²) in [6, 6.07) is 0.826. The molecule has 0 radical (unpaired) electrons. The molecule has 1 rings (SSSR count). The number of nitrogens with zero attached hydrogens (tertiary/aromatic N) is 1. The van der Waals surface area contributed by atoms with E-state index >= 15 is 0 Å². The molecule has 0 saturated heterocycles. The minimum absolute atomic E-state index is 0.826. The van der Waals surface area contributed by atoms with Crippen LogP contribution in [0.15, 0.2) is 0 Å². The molecule has 0 aromatic rings. The lowest BCUT2D eigenvalue weighted by Crippen LogP contribution is -2.44. The first-order valence-electron chi connectivity index (χ1n) is 6.51. The molecule has 0 heterocycles. The van der Waals surface area contributed by atoms with Crippen LogP contribution in [0.3, 0.4) is 0 Å². The molecule has 1 aliphatic carbocycles. The Hall–Kier alpha value is -0.0800. The summed E-state index contributed by atoms with van der Waals surface area (Å²) in [5.74, 6) is 1.76. The lowest BCUT2D eigenvalue weighted by molar-refractivity contribution is 0.101. The molecule has 90 valence electrons. The SMILES string of the molecule is CNCCN(C)C1CCCCC1C(C)C. The summed E-state index contributed by atoms with van der Waals surface area (Å²) < 4.78 is 0. The van der Waals surface area contributed by atoms with Crippen LogP contribution in [0.1, 0.15) is 39.5 Å². The molecule has 1 fully saturated rings. The fourth-order valence-corrected chi connectivity index (χ4v) is 2.92. The standard InChI is InChI=1S/C13H28N2/c1-11(2)12-7-5-6-8-13(12)15(4)10-9-14-3/h11-14H,5-10H2,1-4H3. The van der Waals surface area contributed by atoms with Gasteiger partial charge >= 0.3 is 0 Å². The first kappa shape index (κ1) is 13.0. The predicted octanol–water partition coefficient (Wildman–Crippen LogP) is 2.35. The summed E-state index contributed by atoms with van der Waals surface area (Å²) in [6.45, 7) is 7.06. The van der Waals surface area contributed by atoms with Crippen LogP contribution in [-0.2, 0) is 0 Å². The van der Waals surface area contributed by atoms with Crippen LogP contribution in [0.4, 0.5) is 0 Å². The zero-order valence-electron chi connectivity index (χ0n) is 10.9. The van der Waals surface area contributed by atoms with Crippen molar-refractivity contribution in [3.8, 4) is 0 Å². The van der Waals surface area contributed by atoms with Crippen LogP contribution in [0.25, 0.3) is 0 Å². The molecule has 2 heteroatoms. The highest BCUT2D eigenvalue weighted by Crippen LogP contribution is 2.32. The Morgan fingerprint density at radius 3 is 2.53 bits per heavy atom. The summed E-state index contributed by atoms with van der Waals surface area (Å²) in [4.78, 5) is 2.57. The van der Waals surface area contributed by atoms with E-state index in [-0.39, 0.29) is 0 Å². The van der Waals surface area contributed by atoms with Crippen LogP contribution >= 0.6 is 0 Å². The van der Waals surface area contributed by atoms with Crippen molar-refractivity contribution in [2.24, 2.45) is 11.8 Å². The second-order valence-electron chi connectivity index (χ2n) is 5.34. The normalized spacial score (nSPS) is 27.6. The summed E-state index contributed by atoms with van der Waals surface area (Å²) in [5.41, 5.74) is 0. The van der Waals surface area contributed by atoms with Gasteiger partial charge in [0.15, 0.2) is 0 Å². The second kappa shape index (κ2) is 6.49. The Kier molecular flexibility index (Phi) is 5.62. The molecule has 1 saturated carbocycles. The lowest BCUT2D eigenvalue weighted by Gasteiger charge is -2.40. The summed E-state index contributed by atoms with van der Waals surface area (Å²) in [6.07, 6.45) is 5.71. The summed E-state index contributed by atoms with van der Waals surface area (Å²) in [7, 11) is 4.33.